The SMILES string of the molecule is OC1(c2ccccc2Sc2ccc3oc4ccccc4c3c2)c2ccccc2C=Cc2ccc(Br)cc21. The predicted molar refractivity (Wildman–Crippen MR) is 156 cm³/mol. The first-order valence-electron chi connectivity index (χ1n) is 12.1. The minimum Gasteiger partial charge on any atom is -0.456 e. The molecule has 0 radical (unpaired) electrons. The Morgan fingerprint density at radius 2 is 1.32 bits per heavy atom. The van der Waals surface area contributed by atoms with Crippen molar-refractivity contribution in [3.05, 3.63) is 141 Å². The normalized spacial score (nSPS) is 16.5. The van der Waals surface area contributed by atoms with Crippen molar-refractivity contribution in [2.24, 2.45) is 0 Å². The maximum absolute atomic E-state index is 12.8. The number of halogens is 1. The standard InChI is InChI=1S/C33H21BrO2S/c34-23-16-15-22-14-13-21-7-1-3-9-27(21)33(35,29(22)19-23)28-10-4-6-12-32(28)37-24-17-18-31-26(20-24)25-8-2-5-11-30(25)36-31/h1-20,35H. The molecule has 0 saturated carbocycles. The van der Waals surface area contributed by atoms with Crippen molar-refractivity contribution >= 4 is 61.8 Å². The summed E-state index contributed by atoms with van der Waals surface area (Å²) in [4.78, 5) is 2.09. The molecule has 0 bridgehead atoms. The van der Waals surface area contributed by atoms with Crippen molar-refractivity contribution < 1.29 is 9.52 Å². The van der Waals surface area contributed by atoms with Crippen LogP contribution in [-0.2, 0) is 5.60 Å². The topological polar surface area (TPSA) is 33.4 Å². The first kappa shape index (κ1) is 22.6. The average Bonchev–Trinajstić information content (AvgIpc) is 3.24. The minimum absolute atomic E-state index is 0.854. The molecule has 1 unspecified atom stereocenters. The van der Waals surface area contributed by atoms with Crippen molar-refractivity contribution in [3.8, 4) is 0 Å². The van der Waals surface area contributed by atoms with Gasteiger partial charge in [-0.3, -0.25) is 0 Å². The number of fused-ring (bicyclic) bond motifs is 5. The molecule has 1 heterocycles. The molecule has 0 aliphatic heterocycles. The van der Waals surface area contributed by atoms with Gasteiger partial charge in [-0.15, -0.1) is 0 Å². The molecule has 7 rings (SSSR count). The van der Waals surface area contributed by atoms with Crippen LogP contribution in [-0.4, -0.2) is 5.11 Å². The Labute approximate surface area is 227 Å². The maximum Gasteiger partial charge on any atom is 0.142 e. The zero-order valence-corrected chi connectivity index (χ0v) is 22.1. The lowest BCUT2D eigenvalue weighted by Crippen LogP contribution is -2.31. The van der Waals surface area contributed by atoms with Crippen molar-refractivity contribution in [1.29, 1.82) is 0 Å². The van der Waals surface area contributed by atoms with Crippen LogP contribution in [0.15, 0.2) is 128 Å². The van der Waals surface area contributed by atoms with E-state index in [1.54, 1.807) is 11.8 Å². The summed E-state index contributed by atoms with van der Waals surface area (Å²) in [6.07, 6.45) is 4.18. The van der Waals surface area contributed by atoms with E-state index in [9.17, 15) is 5.11 Å². The summed E-state index contributed by atoms with van der Waals surface area (Å²) in [7, 11) is 0. The summed E-state index contributed by atoms with van der Waals surface area (Å²) in [5.41, 5.74) is 5.00. The van der Waals surface area contributed by atoms with Crippen LogP contribution in [0.2, 0.25) is 0 Å². The van der Waals surface area contributed by atoms with Gasteiger partial charge >= 0.3 is 0 Å². The number of furan rings is 1. The summed E-state index contributed by atoms with van der Waals surface area (Å²) in [6.45, 7) is 0. The highest BCUT2D eigenvalue weighted by molar-refractivity contribution is 9.10. The molecular formula is C33H21BrO2S. The van der Waals surface area contributed by atoms with Crippen molar-refractivity contribution in [1.82, 2.24) is 0 Å². The van der Waals surface area contributed by atoms with E-state index in [1.165, 1.54) is 0 Å². The maximum atomic E-state index is 12.8. The summed E-state index contributed by atoms with van der Waals surface area (Å²) in [5.74, 6) is 0. The Morgan fingerprint density at radius 3 is 2.22 bits per heavy atom. The largest absolute Gasteiger partial charge is 0.456 e. The zero-order chi connectivity index (χ0) is 25.0. The molecule has 4 heteroatoms. The molecule has 0 amide bonds. The molecule has 6 aromatic rings. The van der Waals surface area contributed by atoms with Crippen LogP contribution in [0.25, 0.3) is 34.1 Å². The summed E-state index contributed by atoms with van der Waals surface area (Å²) < 4.78 is 6.97. The van der Waals surface area contributed by atoms with Crippen molar-refractivity contribution in [2.45, 2.75) is 15.4 Å². The van der Waals surface area contributed by atoms with E-state index < -0.39 is 5.60 Å². The van der Waals surface area contributed by atoms with Crippen LogP contribution in [0.1, 0.15) is 27.8 Å². The van der Waals surface area contributed by atoms with Gasteiger partial charge in [0.05, 0.1) is 0 Å². The molecule has 1 atom stereocenters. The first-order chi connectivity index (χ1) is 18.1. The Kier molecular flexibility index (Phi) is 5.36. The van der Waals surface area contributed by atoms with Gasteiger partial charge in [-0.2, -0.15) is 0 Å². The van der Waals surface area contributed by atoms with Gasteiger partial charge in [0.25, 0.3) is 0 Å². The molecule has 5 aromatic carbocycles. The monoisotopic (exact) mass is 560 g/mol. The molecule has 0 fully saturated rings. The van der Waals surface area contributed by atoms with E-state index in [-0.39, 0.29) is 0 Å². The van der Waals surface area contributed by atoms with E-state index in [2.05, 4.69) is 64.5 Å². The van der Waals surface area contributed by atoms with E-state index in [0.29, 0.717) is 0 Å². The molecule has 1 aromatic heterocycles. The lowest BCUT2D eigenvalue weighted by atomic mass is 9.78. The zero-order valence-electron chi connectivity index (χ0n) is 19.7. The Hall–Kier alpha value is -3.57. The number of benzene rings is 5. The average molecular weight is 562 g/mol. The molecule has 0 spiro atoms. The molecule has 1 aliphatic carbocycles. The minimum atomic E-state index is -1.34. The van der Waals surface area contributed by atoms with Crippen molar-refractivity contribution in [3.63, 3.8) is 0 Å². The molecular weight excluding hydrogens is 540 g/mol. The van der Waals surface area contributed by atoms with E-state index in [1.807, 2.05) is 72.8 Å². The van der Waals surface area contributed by atoms with Crippen LogP contribution in [0.3, 0.4) is 0 Å². The summed E-state index contributed by atoms with van der Waals surface area (Å²) >= 11 is 5.30. The van der Waals surface area contributed by atoms with Crippen LogP contribution >= 0.6 is 27.7 Å². The highest BCUT2D eigenvalue weighted by Crippen LogP contribution is 2.47. The highest BCUT2D eigenvalue weighted by Gasteiger charge is 2.39. The molecule has 0 saturated heterocycles. The van der Waals surface area contributed by atoms with Gasteiger partial charge in [-0.1, -0.05) is 107 Å². The first-order valence-corrected chi connectivity index (χ1v) is 13.7. The van der Waals surface area contributed by atoms with Crippen LogP contribution in [0.4, 0.5) is 0 Å². The third-order valence-electron chi connectivity index (χ3n) is 7.05. The number of para-hydroxylation sites is 1. The Balaban J connectivity index is 1.42. The molecule has 1 aliphatic rings. The molecule has 2 nitrogen and oxygen atoms in total. The lowest BCUT2D eigenvalue weighted by molar-refractivity contribution is 0.122. The van der Waals surface area contributed by atoms with E-state index >= 15 is 0 Å². The highest BCUT2D eigenvalue weighted by atomic mass is 79.9. The van der Waals surface area contributed by atoms with Crippen LogP contribution in [0.5, 0.6) is 0 Å². The Bertz CT molecular complexity index is 1850. The molecule has 178 valence electrons. The summed E-state index contributed by atoms with van der Waals surface area (Å²) in [6, 6.07) is 36.8. The van der Waals surface area contributed by atoms with Gasteiger partial charge in [0.15, 0.2) is 0 Å². The van der Waals surface area contributed by atoms with E-state index in [4.69, 9.17) is 4.42 Å². The second-order valence-corrected chi connectivity index (χ2v) is 11.2. The van der Waals surface area contributed by atoms with E-state index in [0.717, 1.165) is 64.0 Å². The van der Waals surface area contributed by atoms with Gasteiger partial charge in [0.2, 0.25) is 0 Å². The fourth-order valence-electron chi connectivity index (χ4n) is 5.32. The van der Waals surface area contributed by atoms with Crippen LogP contribution < -0.4 is 0 Å². The van der Waals surface area contributed by atoms with Gasteiger partial charge in [0.1, 0.15) is 16.8 Å². The van der Waals surface area contributed by atoms with Gasteiger partial charge in [-0.25, -0.2) is 0 Å². The quantitative estimate of drug-likeness (QED) is 0.234. The number of aliphatic hydroxyl groups is 1. The second kappa shape index (κ2) is 8.77. The van der Waals surface area contributed by atoms with Crippen molar-refractivity contribution in [2.75, 3.05) is 0 Å². The van der Waals surface area contributed by atoms with Gasteiger partial charge in [-0.05, 0) is 59.2 Å². The number of hydrogen-bond donors (Lipinski definition) is 1. The summed E-state index contributed by atoms with van der Waals surface area (Å²) in [5, 5.41) is 15.0. The molecule has 37 heavy (non-hydrogen) atoms. The second-order valence-electron chi connectivity index (χ2n) is 9.22. The predicted octanol–water partition coefficient (Wildman–Crippen LogP) is 9.27. The molecule has 1 N–H and O–H groups in total. The van der Waals surface area contributed by atoms with Gasteiger partial charge < -0.3 is 9.52 Å². The fraction of sp³-hybridized carbons (Fsp3) is 0.0303. The van der Waals surface area contributed by atoms with Crippen LogP contribution in [0, 0.1) is 0 Å². The Morgan fingerprint density at radius 1 is 0.622 bits per heavy atom. The van der Waals surface area contributed by atoms with Gasteiger partial charge in [0, 0.05) is 36.2 Å². The number of rotatable bonds is 3. The lowest BCUT2D eigenvalue weighted by Gasteiger charge is -2.33. The smallest absolute Gasteiger partial charge is 0.142 e. The fourth-order valence-corrected chi connectivity index (χ4v) is 6.72. The third kappa shape index (κ3) is 3.67. The third-order valence-corrected chi connectivity index (χ3v) is 8.61. The number of hydrogen-bond acceptors (Lipinski definition) is 3.